The van der Waals surface area contributed by atoms with E-state index in [9.17, 15) is 18.3 Å². The summed E-state index contributed by atoms with van der Waals surface area (Å²) in [4.78, 5) is 0. The Labute approximate surface area is 182 Å². The van der Waals surface area contributed by atoms with Crippen molar-refractivity contribution >= 4 is 19.4 Å². The predicted molar refractivity (Wildman–Crippen MR) is 82.6 cm³/mol. The molecule has 0 fully saturated rings. The number of hydrogen-bond donors (Lipinski definition) is 1. The molecule has 0 radical (unpaired) electrons. The summed E-state index contributed by atoms with van der Waals surface area (Å²) in [5, 5.41) is 10.5. The SMILES string of the molecule is Cc1c(Cc2cccc(C(F)(F)F)c2)oc2cccc(O)c12.[B+3].[Br-].[Br-].[Br-]. The van der Waals surface area contributed by atoms with Crippen molar-refractivity contribution in [2.45, 2.75) is 19.5 Å². The number of phenolic OH excluding ortho intramolecular Hbond substituents is 1. The maximum absolute atomic E-state index is 12.7. The van der Waals surface area contributed by atoms with Crippen molar-refractivity contribution in [1.29, 1.82) is 0 Å². The Hall–Kier alpha value is -0.925. The molecule has 0 aliphatic carbocycles. The number of phenols is 1. The van der Waals surface area contributed by atoms with Crippen LogP contribution in [0.4, 0.5) is 13.2 Å². The van der Waals surface area contributed by atoms with Gasteiger partial charge in [0.15, 0.2) is 0 Å². The summed E-state index contributed by atoms with van der Waals surface area (Å²) in [7, 11) is 0. The number of benzene rings is 2. The predicted octanol–water partition coefficient (Wildman–Crippen LogP) is -4.31. The van der Waals surface area contributed by atoms with Crippen LogP contribution in [0.25, 0.3) is 11.0 Å². The van der Waals surface area contributed by atoms with E-state index in [1.54, 1.807) is 31.2 Å². The summed E-state index contributed by atoms with van der Waals surface area (Å²) >= 11 is 0. The van der Waals surface area contributed by atoms with Crippen LogP contribution in [0, 0.1) is 6.92 Å². The van der Waals surface area contributed by atoms with Gasteiger partial charge in [0.1, 0.15) is 17.1 Å². The molecule has 0 bridgehead atoms. The zero-order valence-electron chi connectivity index (χ0n) is 13.4. The number of hydrogen-bond acceptors (Lipinski definition) is 2. The Kier molecular flexibility index (Phi) is 10.9. The smallest absolute Gasteiger partial charge is 1.00 e. The molecule has 26 heavy (non-hydrogen) atoms. The fourth-order valence-electron chi connectivity index (χ4n) is 2.54. The minimum Gasteiger partial charge on any atom is -1.00 e. The molecule has 0 unspecified atom stereocenters. The van der Waals surface area contributed by atoms with Crippen LogP contribution >= 0.6 is 0 Å². The molecule has 9 heteroatoms. The number of alkyl halides is 3. The van der Waals surface area contributed by atoms with Gasteiger partial charge in [-0.25, -0.2) is 0 Å². The normalized spacial score (nSPS) is 10.2. The number of fused-ring (bicyclic) bond motifs is 1. The average molecular weight is 557 g/mol. The molecular weight excluding hydrogens is 544 g/mol. The molecule has 1 aromatic heterocycles. The minimum atomic E-state index is -4.36. The summed E-state index contributed by atoms with van der Waals surface area (Å²) in [5.41, 5.74) is 1.10. The van der Waals surface area contributed by atoms with Crippen LogP contribution in [0.15, 0.2) is 46.9 Å². The van der Waals surface area contributed by atoms with E-state index in [-0.39, 0.29) is 71.5 Å². The van der Waals surface area contributed by atoms with Crippen LogP contribution in [-0.2, 0) is 12.6 Å². The summed E-state index contributed by atoms with van der Waals surface area (Å²) in [6.45, 7) is 1.79. The molecule has 138 valence electrons. The first-order valence-electron chi connectivity index (χ1n) is 6.72. The standard InChI is InChI=1S/C17H13F3O2.B.3BrH/c1-10-15(22-14-7-3-6-13(21)16(10)14)9-11-4-2-5-12(8-11)17(18,19)20;;;;/h2-8,21H,9H2,1H3;;3*1H/q;+3;;;/p-3. The molecule has 0 amide bonds. The molecular formula is C17H13BBr3F3O2. The summed E-state index contributed by atoms with van der Waals surface area (Å²) < 4.78 is 43.9. The number of furan rings is 1. The largest absolute Gasteiger partial charge is 3.00 e. The quantitative estimate of drug-likeness (QED) is 0.324. The van der Waals surface area contributed by atoms with Crippen LogP contribution in [0.1, 0.15) is 22.5 Å². The van der Waals surface area contributed by atoms with Gasteiger partial charge in [0.2, 0.25) is 0 Å². The zero-order chi connectivity index (χ0) is 15.9. The second kappa shape index (κ2) is 10.4. The molecule has 0 aliphatic heterocycles. The van der Waals surface area contributed by atoms with Gasteiger partial charge < -0.3 is 60.5 Å². The van der Waals surface area contributed by atoms with Gasteiger partial charge in [-0.2, -0.15) is 13.2 Å². The van der Waals surface area contributed by atoms with Crippen LogP contribution in [0.5, 0.6) is 5.75 Å². The minimum absolute atomic E-state index is 0. The van der Waals surface area contributed by atoms with E-state index >= 15 is 0 Å². The fraction of sp³-hybridized carbons (Fsp3) is 0.176. The third-order valence-electron chi connectivity index (χ3n) is 3.65. The Morgan fingerprint density at radius 1 is 1.00 bits per heavy atom. The molecule has 0 atom stereocenters. The van der Waals surface area contributed by atoms with Crippen molar-refractivity contribution < 1.29 is 73.6 Å². The van der Waals surface area contributed by atoms with Crippen molar-refractivity contribution in [1.82, 2.24) is 0 Å². The second-order valence-corrected chi connectivity index (χ2v) is 5.18. The Morgan fingerprint density at radius 2 is 1.62 bits per heavy atom. The van der Waals surface area contributed by atoms with E-state index < -0.39 is 11.7 Å². The van der Waals surface area contributed by atoms with Gasteiger partial charge in [0.05, 0.1) is 10.9 Å². The molecule has 1 heterocycles. The van der Waals surface area contributed by atoms with Crippen molar-refractivity contribution in [2.24, 2.45) is 0 Å². The third kappa shape index (κ3) is 5.53. The monoisotopic (exact) mass is 554 g/mol. The van der Waals surface area contributed by atoms with Crippen LogP contribution in [-0.4, -0.2) is 13.5 Å². The van der Waals surface area contributed by atoms with Gasteiger partial charge in [-0.3, -0.25) is 0 Å². The van der Waals surface area contributed by atoms with Crippen molar-refractivity contribution in [3.63, 3.8) is 0 Å². The van der Waals surface area contributed by atoms with Gasteiger partial charge in [-0.15, -0.1) is 0 Å². The van der Waals surface area contributed by atoms with Crippen LogP contribution in [0.3, 0.4) is 0 Å². The van der Waals surface area contributed by atoms with E-state index in [1.807, 2.05) is 0 Å². The van der Waals surface area contributed by atoms with E-state index in [4.69, 9.17) is 4.42 Å². The number of rotatable bonds is 2. The first-order valence-corrected chi connectivity index (χ1v) is 6.72. The van der Waals surface area contributed by atoms with Gasteiger partial charge >= 0.3 is 14.6 Å². The molecule has 0 saturated carbocycles. The van der Waals surface area contributed by atoms with Crippen LogP contribution < -0.4 is 50.9 Å². The topological polar surface area (TPSA) is 33.4 Å². The molecule has 3 rings (SSSR count). The van der Waals surface area contributed by atoms with Crippen molar-refractivity contribution in [3.05, 3.63) is 64.9 Å². The Bertz CT molecular complexity index is 851. The first kappa shape index (κ1) is 27.3. The average Bonchev–Trinajstić information content (AvgIpc) is 2.76. The Balaban J connectivity index is 0. The molecule has 3 aromatic rings. The van der Waals surface area contributed by atoms with Crippen LogP contribution in [0.2, 0.25) is 0 Å². The maximum atomic E-state index is 12.7. The van der Waals surface area contributed by atoms with E-state index in [0.29, 0.717) is 22.3 Å². The first-order chi connectivity index (χ1) is 10.4. The van der Waals surface area contributed by atoms with E-state index in [0.717, 1.165) is 17.7 Å². The maximum Gasteiger partial charge on any atom is 3.00 e. The molecule has 1 N–H and O–H groups in total. The van der Waals surface area contributed by atoms with E-state index in [1.165, 1.54) is 6.07 Å². The Morgan fingerprint density at radius 3 is 2.19 bits per heavy atom. The summed E-state index contributed by atoms with van der Waals surface area (Å²) in [6.07, 6.45) is -4.12. The fourth-order valence-corrected chi connectivity index (χ4v) is 2.54. The van der Waals surface area contributed by atoms with Gasteiger partial charge in [-0.05, 0) is 30.7 Å². The van der Waals surface area contributed by atoms with Gasteiger partial charge in [0, 0.05) is 12.0 Å². The number of aromatic hydroxyl groups is 1. The molecule has 0 spiro atoms. The van der Waals surface area contributed by atoms with Gasteiger partial charge in [-0.1, -0.05) is 24.3 Å². The molecule has 2 aromatic carbocycles. The molecule has 2 nitrogen and oxygen atoms in total. The van der Waals surface area contributed by atoms with Crippen molar-refractivity contribution in [2.75, 3.05) is 0 Å². The van der Waals surface area contributed by atoms with E-state index in [2.05, 4.69) is 0 Å². The van der Waals surface area contributed by atoms with Crippen molar-refractivity contribution in [3.8, 4) is 5.75 Å². The molecule has 0 aliphatic rings. The second-order valence-electron chi connectivity index (χ2n) is 5.18. The third-order valence-corrected chi connectivity index (χ3v) is 3.65. The number of halogens is 6. The molecule has 0 saturated heterocycles. The van der Waals surface area contributed by atoms with Gasteiger partial charge in [0.25, 0.3) is 0 Å². The number of aryl methyl sites for hydroxylation is 1. The summed E-state index contributed by atoms with van der Waals surface area (Å²) in [6, 6.07) is 10.1. The summed E-state index contributed by atoms with van der Waals surface area (Å²) in [5.74, 6) is 0.657. The zero-order valence-corrected chi connectivity index (χ0v) is 18.2.